The molecule has 6 heteroatoms. The van der Waals surface area contributed by atoms with Crippen LogP contribution in [0.2, 0.25) is 5.02 Å². The second-order valence-electron chi connectivity index (χ2n) is 6.66. The molecule has 0 spiro atoms. The average molecular weight is 347 g/mol. The maximum atomic E-state index is 12.7. The van der Waals surface area contributed by atoms with Crippen LogP contribution in [-0.4, -0.2) is 62.0 Å². The van der Waals surface area contributed by atoms with Gasteiger partial charge in [-0.2, -0.15) is 5.26 Å². The van der Waals surface area contributed by atoms with Crippen molar-refractivity contribution in [2.75, 3.05) is 51.2 Å². The zero-order valence-corrected chi connectivity index (χ0v) is 14.8. The van der Waals surface area contributed by atoms with Crippen molar-refractivity contribution in [3.05, 3.63) is 28.8 Å². The Labute approximate surface area is 148 Å². The number of piperidine rings is 1. The Morgan fingerprint density at radius 2 is 1.83 bits per heavy atom. The Morgan fingerprint density at radius 3 is 2.46 bits per heavy atom. The molecule has 2 saturated heterocycles. The van der Waals surface area contributed by atoms with Crippen molar-refractivity contribution in [1.82, 2.24) is 9.80 Å². The molecule has 0 aliphatic carbocycles. The molecule has 0 bridgehead atoms. The molecule has 128 valence electrons. The fourth-order valence-corrected chi connectivity index (χ4v) is 3.70. The number of piperazine rings is 1. The zero-order valence-electron chi connectivity index (χ0n) is 14.0. The lowest BCUT2D eigenvalue weighted by molar-refractivity contribution is -0.137. The van der Waals surface area contributed by atoms with Gasteiger partial charge in [-0.3, -0.25) is 4.79 Å². The number of hydrogen-bond donors (Lipinski definition) is 0. The van der Waals surface area contributed by atoms with E-state index < -0.39 is 0 Å². The molecule has 0 N–H and O–H groups in total. The highest BCUT2D eigenvalue weighted by molar-refractivity contribution is 6.30. The lowest BCUT2D eigenvalue weighted by Gasteiger charge is -2.38. The topological polar surface area (TPSA) is 50.6 Å². The first-order valence-electron chi connectivity index (χ1n) is 8.50. The summed E-state index contributed by atoms with van der Waals surface area (Å²) in [6.07, 6.45) is 1.69. The number of nitriles is 1. The average Bonchev–Trinajstić information content (AvgIpc) is 2.62. The van der Waals surface area contributed by atoms with Gasteiger partial charge in [-0.1, -0.05) is 11.6 Å². The fraction of sp³-hybridized carbons (Fsp3) is 0.556. The Bertz CT molecular complexity index is 641. The molecular weight excluding hydrogens is 324 g/mol. The number of benzene rings is 1. The Morgan fingerprint density at radius 1 is 1.17 bits per heavy atom. The van der Waals surface area contributed by atoms with E-state index in [9.17, 15) is 10.1 Å². The molecule has 24 heavy (non-hydrogen) atoms. The van der Waals surface area contributed by atoms with Gasteiger partial charge in [-0.25, -0.2) is 0 Å². The van der Waals surface area contributed by atoms with Gasteiger partial charge in [0, 0.05) is 50.2 Å². The van der Waals surface area contributed by atoms with Crippen LogP contribution in [0.4, 0.5) is 5.69 Å². The first-order valence-corrected chi connectivity index (χ1v) is 8.88. The minimum atomic E-state index is 0.113. The summed E-state index contributed by atoms with van der Waals surface area (Å²) in [5.41, 5.74) is 1.53. The molecular formula is C18H23ClN4O. The second-order valence-corrected chi connectivity index (χ2v) is 7.10. The van der Waals surface area contributed by atoms with Crippen molar-refractivity contribution in [2.24, 2.45) is 5.92 Å². The predicted octanol–water partition coefficient (Wildman–Crippen LogP) is 2.20. The number of carbonyl (C=O) groups excluding carboxylic acids is 1. The van der Waals surface area contributed by atoms with Gasteiger partial charge >= 0.3 is 0 Å². The molecule has 0 aromatic heterocycles. The molecule has 2 aliphatic rings. The quantitative estimate of drug-likeness (QED) is 0.823. The predicted molar refractivity (Wildman–Crippen MR) is 95.2 cm³/mol. The van der Waals surface area contributed by atoms with Gasteiger partial charge in [-0.15, -0.1) is 0 Å². The second kappa shape index (κ2) is 7.42. The maximum Gasteiger partial charge on any atom is 0.225 e. The van der Waals surface area contributed by atoms with Crippen molar-refractivity contribution in [3.63, 3.8) is 0 Å². The number of likely N-dealkylation sites (N-methyl/N-ethyl adjacent to an activating group) is 1. The van der Waals surface area contributed by atoms with E-state index in [0.29, 0.717) is 16.5 Å². The number of hydrogen-bond acceptors (Lipinski definition) is 4. The largest absolute Gasteiger partial charge is 0.370 e. The van der Waals surface area contributed by atoms with Crippen LogP contribution in [0.5, 0.6) is 0 Å². The molecule has 1 aromatic carbocycles. The van der Waals surface area contributed by atoms with Gasteiger partial charge in [0.1, 0.15) is 6.07 Å². The number of anilines is 1. The molecule has 2 heterocycles. The van der Waals surface area contributed by atoms with E-state index in [1.807, 2.05) is 17.0 Å². The van der Waals surface area contributed by atoms with Gasteiger partial charge in [0.15, 0.2) is 0 Å². The third-order valence-electron chi connectivity index (χ3n) is 5.08. The summed E-state index contributed by atoms with van der Waals surface area (Å²) in [6, 6.07) is 7.65. The van der Waals surface area contributed by atoms with Crippen LogP contribution < -0.4 is 4.90 Å². The summed E-state index contributed by atoms with van der Waals surface area (Å²) < 4.78 is 0. The van der Waals surface area contributed by atoms with Crippen LogP contribution in [-0.2, 0) is 4.79 Å². The molecule has 5 nitrogen and oxygen atoms in total. The van der Waals surface area contributed by atoms with Crippen molar-refractivity contribution in [1.29, 1.82) is 5.26 Å². The molecule has 2 aliphatic heterocycles. The van der Waals surface area contributed by atoms with Gasteiger partial charge in [0.2, 0.25) is 5.91 Å². The number of rotatable bonds is 2. The zero-order chi connectivity index (χ0) is 17.1. The van der Waals surface area contributed by atoms with E-state index in [4.69, 9.17) is 11.6 Å². The van der Waals surface area contributed by atoms with Crippen LogP contribution in [0.25, 0.3) is 0 Å². The van der Waals surface area contributed by atoms with Crippen LogP contribution in [0.15, 0.2) is 18.2 Å². The molecule has 3 rings (SSSR count). The number of nitrogens with zero attached hydrogens (tertiary/aromatic N) is 4. The van der Waals surface area contributed by atoms with E-state index in [0.717, 1.165) is 57.8 Å². The number of carbonyl (C=O) groups is 1. The molecule has 0 atom stereocenters. The summed E-state index contributed by atoms with van der Waals surface area (Å²) in [7, 11) is 2.10. The van der Waals surface area contributed by atoms with Gasteiger partial charge in [0.05, 0.1) is 11.3 Å². The van der Waals surface area contributed by atoms with Crippen molar-refractivity contribution >= 4 is 23.2 Å². The van der Waals surface area contributed by atoms with Gasteiger partial charge in [0.25, 0.3) is 0 Å². The minimum absolute atomic E-state index is 0.113. The highest BCUT2D eigenvalue weighted by atomic mass is 35.5. The number of halogens is 1. The standard InChI is InChI=1S/C18H23ClN4O/c1-21-8-10-23(11-9-21)18(24)14-4-6-22(7-5-14)17-3-2-16(19)12-15(17)13-20/h2-3,12,14H,4-11H2,1H3. The normalized spacial score (nSPS) is 20.0. The van der Waals surface area contributed by atoms with E-state index in [1.165, 1.54) is 0 Å². The fourth-order valence-electron chi connectivity index (χ4n) is 3.53. The number of amides is 1. The summed E-state index contributed by atoms with van der Waals surface area (Å²) in [5, 5.41) is 9.88. The molecule has 0 saturated carbocycles. The van der Waals surface area contributed by atoms with Crippen LogP contribution in [0.1, 0.15) is 18.4 Å². The van der Waals surface area contributed by atoms with Crippen molar-refractivity contribution in [3.8, 4) is 6.07 Å². The summed E-state index contributed by atoms with van der Waals surface area (Å²) in [5.74, 6) is 0.418. The third-order valence-corrected chi connectivity index (χ3v) is 5.31. The summed E-state index contributed by atoms with van der Waals surface area (Å²) in [6.45, 7) is 5.21. The first kappa shape index (κ1) is 17.1. The Hall–Kier alpha value is -1.77. The van der Waals surface area contributed by atoms with Crippen molar-refractivity contribution < 1.29 is 4.79 Å². The third kappa shape index (κ3) is 3.66. The highest BCUT2D eigenvalue weighted by Crippen LogP contribution is 2.29. The van der Waals surface area contributed by atoms with E-state index in [2.05, 4.69) is 22.9 Å². The van der Waals surface area contributed by atoms with Gasteiger partial charge in [-0.05, 0) is 38.1 Å². The van der Waals surface area contributed by atoms with Crippen LogP contribution in [0, 0.1) is 17.2 Å². The summed E-state index contributed by atoms with van der Waals surface area (Å²) in [4.78, 5) is 19.2. The monoisotopic (exact) mass is 346 g/mol. The highest BCUT2D eigenvalue weighted by Gasteiger charge is 2.30. The molecule has 1 aromatic rings. The molecule has 2 fully saturated rings. The SMILES string of the molecule is CN1CCN(C(=O)C2CCN(c3ccc(Cl)cc3C#N)CC2)CC1. The smallest absolute Gasteiger partial charge is 0.225 e. The first-order chi connectivity index (χ1) is 11.6. The summed E-state index contributed by atoms with van der Waals surface area (Å²) >= 11 is 5.97. The lowest BCUT2D eigenvalue weighted by Crippen LogP contribution is -2.50. The molecule has 1 amide bonds. The van der Waals surface area contributed by atoms with Crippen LogP contribution in [0.3, 0.4) is 0 Å². The molecule has 0 radical (unpaired) electrons. The van der Waals surface area contributed by atoms with E-state index >= 15 is 0 Å². The lowest BCUT2D eigenvalue weighted by atomic mass is 9.94. The van der Waals surface area contributed by atoms with Crippen LogP contribution >= 0.6 is 11.6 Å². The Kier molecular flexibility index (Phi) is 5.27. The molecule has 0 unspecified atom stereocenters. The minimum Gasteiger partial charge on any atom is -0.370 e. The maximum absolute atomic E-state index is 12.7. The van der Waals surface area contributed by atoms with Gasteiger partial charge < -0.3 is 14.7 Å². The Balaban J connectivity index is 1.60. The van der Waals surface area contributed by atoms with E-state index in [-0.39, 0.29) is 5.92 Å². The van der Waals surface area contributed by atoms with Crippen molar-refractivity contribution in [2.45, 2.75) is 12.8 Å². The van der Waals surface area contributed by atoms with E-state index in [1.54, 1.807) is 6.07 Å².